The molecular formula is C18H23NO. The van der Waals surface area contributed by atoms with Crippen molar-refractivity contribution >= 4 is 0 Å². The van der Waals surface area contributed by atoms with E-state index in [2.05, 4.69) is 61.6 Å². The summed E-state index contributed by atoms with van der Waals surface area (Å²) in [6.45, 7) is 5.27. The zero-order chi connectivity index (χ0) is 14.4. The molecule has 2 aromatic carbocycles. The van der Waals surface area contributed by atoms with Crippen molar-refractivity contribution < 1.29 is 4.74 Å². The highest BCUT2D eigenvalue weighted by atomic mass is 16.5. The number of ether oxygens (including phenoxy) is 1. The van der Waals surface area contributed by atoms with Crippen molar-refractivity contribution in [2.24, 2.45) is 0 Å². The van der Waals surface area contributed by atoms with Crippen LogP contribution in [-0.2, 0) is 6.42 Å². The first-order valence-electron chi connectivity index (χ1n) is 7.16. The number of likely N-dealkylation sites (N-methyl/N-ethyl adjacent to an activating group) is 1. The van der Waals surface area contributed by atoms with E-state index in [1.165, 1.54) is 16.7 Å². The maximum absolute atomic E-state index is 5.33. The van der Waals surface area contributed by atoms with E-state index in [4.69, 9.17) is 4.74 Å². The Morgan fingerprint density at radius 1 is 1.10 bits per heavy atom. The molecule has 20 heavy (non-hydrogen) atoms. The largest absolute Gasteiger partial charge is 0.497 e. The molecule has 0 aromatic heterocycles. The van der Waals surface area contributed by atoms with Crippen LogP contribution in [0.3, 0.4) is 0 Å². The normalized spacial score (nSPS) is 12.2. The summed E-state index contributed by atoms with van der Waals surface area (Å²) in [6.07, 6.45) is 0.994. The monoisotopic (exact) mass is 269 g/mol. The summed E-state index contributed by atoms with van der Waals surface area (Å²) in [6, 6.07) is 17.2. The van der Waals surface area contributed by atoms with E-state index in [0.717, 1.165) is 18.7 Å². The van der Waals surface area contributed by atoms with Crippen LogP contribution >= 0.6 is 0 Å². The van der Waals surface area contributed by atoms with Gasteiger partial charge in [-0.2, -0.15) is 0 Å². The highest BCUT2D eigenvalue weighted by molar-refractivity contribution is 5.33. The number of rotatable bonds is 6. The smallest absolute Gasteiger partial charge is 0.119 e. The maximum Gasteiger partial charge on any atom is 0.119 e. The Hall–Kier alpha value is -1.80. The molecule has 0 heterocycles. The fourth-order valence-corrected chi connectivity index (χ4v) is 2.47. The number of methoxy groups -OCH3 is 1. The average molecular weight is 269 g/mol. The molecule has 0 aliphatic rings. The lowest BCUT2D eigenvalue weighted by molar-refractivity contribution is 0.413. The van der Waals surface area contributed by atoms with Crippen LogP contribution in [0.2, 0.25) is 0 Å². The van der Waals surface area contributed by atoms with Crippen LogP contribution in [0, 0.1) is 6.92 Å². The predicted molar refractivity (Wildman–Crippen MR) is 84.3 cm³/mol. The number of hydrogen-bond acceptors (Lipinski definition) is 2. The van der Waals surface area contributed by atoms with Crippen LogP contribution in [-0.4, -0.2) is 13.7 Å². The van der Waals surface area contributed by atoms with Crippen LogP contribution in [0.15, 0.2) is 48.5 Å². The Morgan fingerprint density at radius 2 is 1.90 bits per heavy atom. The second kappa shape index (κ2) is 7.11. The molecule has 106 valence electrons. The highest BCUT2D eigenvalue weighted by Gasteiger charge is 2.12. The fourth-order valence-electron chi connectivity index (χ4n) is 2.47. The third-order valence-corrected chi connectivity index (χ3v) is 3.63. The molecule has 0 bridgehead atoms. The lowest BCUT2D eigenvalue weighted by Crippen LogP contribution is -2.23. The van der Waals surface area contributed by atoms with E-state index in [-0.39, 0.29) is 0 Å². The van der Waals surface area contributed by atoms with Gasteiger partial charge >= 0.3 is 0 Å². The number of nitrogens with one attached hydrogen (secondary N) is 1. The SMILES string of the molecule is CCNC(Cc1ccccc1C)c1cccc(OC)c1. The first kappa shape index (κ1) is 14.6. The molecule has 2 aromatic rings. The molecule has 2 rings (SSSR count). The standard InChI is InChI=1S/C18H23NO/c1-4-19-18(13-15-9-6-5-8-14(15)2)16-10-7-11-17(12-16)20-3/h5-12,18-19H,4,13H2,1-3H3. The molecule has 0 fully saturated rings. The predicted octanol–water partition coefficient (Wildman–Crippen LogP) is 3.90. The van der Waals surface area contributed by atoms with Gasteiger partial charge in [-0.15, -0.1) is 0 Å². The van der Waals surface area contributed by atoms with E-state index in [9.17, 15) is 0 Å². The maximum atomic E-state index is 5.33. The lowest BCUT2D eigenvalue weighted by Gasteiger charge is -2.20. The summed E-state index contributed by atoms with van der Waals surface area (Å²) in [5.74, 6) is 0.912. The molecule has 0 radical (unpaired) electrons. The molecule has 0 saturated carbocycles. The summed E-state index contributed by atoms with van der Waals surface area (Å²) in [5, 5.41) is 3.57. The Morgan fingerprint density at radius 3 is 2.60 bits per heavy atom. The Balaban J connectivity index is 2.24. The van der Waals surface area contributed by atoms with Gasteiger partial charge in [-0.1, -0.05) is 43.3 Å². The summed E-state index contributed by atoms with van der Waals surface area (Å²) in [5.41, 5.74) is 4.01. The van der Waals surface area contributed by atoms with E-state index >= 15 is 0 Å². The summed E-state index contributed by atoms with van der Waals surface area (Å²) in [4.78, 5) is 0. The van der Waals surface area contributed by atoms with Crippen LogP contribution < -0.4 is 10.1 Å². The van der Waals surface area contributed by atoms with Crippen LogP contribution in [0.4, 0.5) is 0 Å². The second-order valence-electron chi connectivity index (χ2n) is 5.02. The van der Waals surface area contributed by atoms with Gasteiger partial charge in [0.15, 0.2) is 0 Å². The lowest BCUT2D eigenvalue weighted by atomic mass is 9.96. The minimum Gasteiger partial charge on any atom is -0.497 e. The molecule has 0 aliphatic heterocycles. The number of hydrogen-bond donors (Lipinski definition) is 1. The molecule has 0 aliphatic carbocycles. The molecule has 1 N–H and O–H groups in total. The molecule has 0 spiro atoms. The minimum atomic E-state index is 0.316. The molecule has 0 saturated heterocycles. The summed E-state index contributed by atoms with van der Waals surface area (Å²) in [7, 11) is 1.71. The fraction of sp³-hybridized carbons (Fsp3) is 0.333. The first-order valence-corrected chi connectivity index (χ1v) is 7.16. The third kappa shape index (κ3) is 3.61. The van der Waals surface area contributed by atoms with E-state index < -0.39 is 0 Å². The van der Waals surface area contributed by atoms with Crippen LogP contribution in [0.5, 0.6) is 5.75 Å². The van der Waals surface area contributed by atoms with Crippen molar-refractivity contribution in [2.45, 2.75) is 26.3 Å². The van der Waals surface area contributed by atoms with E-state index in [1.54, 1.807) is 7.11 Å². The zero-order valence-electron chi connectivity index (χ0n) is 12.5. The van der Waals surface area contributed by atoms with E-state index in [1.807, 2.05) is 6.07 Å². The van der Waals surface area contributed by atoms with Gasteiger partial charge in [0, 0.05) is 6.04 Å². The molecular weight excluding hydrogens is 246 g/mol. The molecule has 1 atom stereocenters. The van der Waals surface area contributed by atoms with Crippen LogP contribution in [0.25, 0.3) is 0 Å². The van der Waals surface area contributed by atoms with Crippen LogP contribution in [0.1, 0.15) is 29.7 Å². The summed E-state index contributed by atoms with van der Waals surface area (Å²) >= 11 is 0. The number of aryl methyl sites for hydroxylation is 1. The Bertz CT molecular complexity index is 551. The Labute approximate surface area is 121 Å². The van der Waals surface area contributed by atoms with Gasteiger partial charge in [0.1, 0.15) is 5.75 Å². The zero-order valence-corrected chi connectivity index (χ0v) is 12.5. The van der Waals surface area contributed by atoms with Crippen molar-refractivity contribution in [1.82, 2.24) is 5.32 Å². The quantitative estimate of drug-likeness (QED) is 0.859. The number of benzene rings is 2. The van der Waals surface area contributed by atoms with E-state index in [0.29, 0.717) is 6.04 Å². The Kier molecular flexibility index (Phi) is 5.19. The van der Waals surface area contributed by atoms with Crippen molar-refractivity contribution in [3.63, 3.8) is 0 Å². The van der Waals surface area contributed by atoms with Gasteiger partial charge in [-0.05, 0) is 48.7 Å². The highest BCUT2D eigenvalue weighted by Crippen LogP contribution is 2.23. The van der Waals surface area contributed by atoms with Gasteiger partial charge < -0.3 is 10.1 Å². The van der Waals surface area contributed by atoms with Gasteiger partial charge in [0.05, 0.1) is 7.11 Å². The van der Waals surface area contributed by atoms with Gasteiger partial charge in [0.25, 0.3) is 0 Å². The van der Waals surface area contributed by atoms with Crippen molar-refractivity contribution in [3.05, 3.63) is 65.2 Å². The molecule has 1 unspecified atom stereocenters. The minimum absolute atomic E-state index is 0.316. The van der Waals surface area contributed by atoms with Crippen molar-refractivity contribution in [2.75, 3.05) is 13.7 Å². The molecule has 2 nitrogen and oxygen atoms in total. The van der Waals surface area contributed by atoms with Crippen molar-refractivity contribution in [3.8, 4) is 5.75 Å². The molecule has 2 heteroatoms. The second-order valence-corrected chi connectivity index (χ2v) is 5.02. The third-order valence-electron chi connectivity index (χ3n) is 3.63. The topological polar surface area (TPSA) is 21.3 Å². The molecule has 0 amide bonds. The average Bonchev–Trinajstić information content (AvgIpc) is 2.49. The van der Waals surface area contributed by atoms with Gasteiger partial charge in [-0.3, -0.25) is 0 Å². The van der Waals surface area contributed by atoms with Crippen molar-refractivity contribution in [1.29, 1.82) is 0 Å². The summed E-state index contributed by atoms with van der Waals surface area (Å²) < 4.78 is 5.33. The van der Waals surface area contributed by atoms with Gasteiger partial charge in [0.2, 0.25) is 0 Å². The van der Waals surface area contributed by atoms with Gasteiger partial charge in [-0.25, -0.2) is 0 Å². The first-order chi connectivity index (χ1) is 9.74.